The summed E-state index contributed by atoms with van der Waals surface area (Å²) >= 11 is 0. The molecule has 0 radical (unpaired) electrons. The summed E-state index contributed by atoms with van der Waals surface area (Å²) in [6, 6.07) is 4.55. The molecule has 0 aliphatic carbocycles. The fourth-order valence-electron chi connectivity index (χ4n) is 2.31. The van der Waals surface area contributed by atoms with Gasteiger partial charge in [0.25, 0.3) is 5.91 Å². The lowest BCUT2D eigenvalue weighted by molar-refractivity contribution is -0.136. The number of aliphatic carboxylic acids is 1. The number of carbonyl (C=O) groups excluding carboxylic acids is 2. The Labute approximate surface area is 139 Å². The van der Waals surface area contributed by atoms with E-state index in [0.29, 0.717) is 17.9 Å². The summed E-state index contributed by atoms with van der Waals surface area (Å²) in [7, 11) is 0. The number of hydrogen-bond donors (Lipinski definition) is 4. The van der Waals surface area contributed by atoms with Crippen LogP contribution in [0.3, 0.4) is 0 Å². The van der Waals surface area contributed by atoms with Crippen LogP contribution in [-0.4, -0.2) is 35.7 Å². The normalized spacial score (nSPS) is 17.1. The Morgan fingerprint density at radius 2 is 2.17 bits per heavy atom. The second-order valence-electron chi connectivity index (χ2n) is 5.53. The largest absolute Gasteiger partial charge is 0.481 e. The van der Waals surface area contributed by atoms with E-state index in [1.807, 2.05) is 6.92 Å². The fourth-order valence-corrected chi connectivity index (χ4v) is 2.31. The Morgan fingerprint density at radius 3 is 2.83 bits per heavy atom. The van der Waals surface area contributed by atoms with Crippen LogP contribution >= 0.6 is 0 Å². The molecule has 4 N–H and O–H groups in total. The minimum Gasteiger partial charge on any atom is -0.481 e. The SMILES string of the molecule is CCC1Oc2cc(C(C)NC(=O)NCCC(=O)O)ccc2NC1=O. The molecular formula is C16H21N3O5. The summed E-state index contributed by atoms with van der Waals surface area (Å²) in [5, 5.41) is 16.5. The van der Waals surface area contributed by atoms with Gasteiger partial charge in [-0.3, -0.25) is 9.59 Å². The third-order valence-electron chi connectivity index (χ3n) is 3.67. The maximum absolute atomic E-state index is 11.8. The van der Waals surface area contributed by atoms with Crippen molar-refractivity contribution in [1.29, 1.82) is 0 Å². The average molecular weight is 335 g/mol. The Kier molecular flexibility index (Phi) is 5.62. The molecule has 8 heteroatoms. The van der Waals surface area contributed by atoms with E-state index < -0.39 is 18.1 Å². The molecule has 0 bridgehead atoms. The molecule has 0 spiro atoms. The third kappa shape index (κ3) is 4.37. The maximum Gasteiger partial charge on any atom is 0.315 e. The third-order valence-corrected chi connectivity index (χ3v) is 3.67. The average Bonchev–Trinajstić information content (AvgIpc) is 2.53. The highest BCUT2D eigenvalue weighted by Gasteiger charge is 2.26. The van der Waals surface area contributed by atoms with E-state index in [1.54, 1.807) is 25.1 Å². The predicted molar refractivity (Wildman–Crippen MR) is 87.0 cm³/mol. The topological polar surface area (TPSA) is 117 Å². The van der Waals surface area contributed by atoms with Gasteiger partial charge in [0.05, 0.1) is 18.2 Å². The number of hydrogen-bond acceptors (Lipinski definition) is 4. The first-order chi connectivity index (χ1) is 11.4. The first kappa shape index (κ1) is 17.6. The summed E-state index contributed by atoms with van der Waals surface area (Å²) in [5.41, 5.74) is 1.42. The van der Waals surface area contributed by atoms with E-state index in [0.717, 1.165) is 5.56 Å². The highest BCUT2D eigenvalue weighted by Crippen LogP contribution is 2.32. The van der Waals surface area contributed by atoms with Gasteiger partial charge < -0.3 is 25.8 Å². The summed E-state index contributed by atoms with van der Waals surface area (Å²) in [6.45, 7) is 3.73. The number of fused-ring (bicyclic) bond motifs is 1. The van der Waals surface area contributed by atoms with Crippen molar-refractivity contribution < 1.29 is 24.2 Å². The van der Waals surface area contributed by atoms with Crippen molar-refractivity contribution in [2.45, 2.75) is 38.8 Å². The molecule has 8 nitrogen and oxygen atoms in total. The zero-order valence-electron chi connectivity index (χ0n) is 13.6. The second kappa shape index (κ2) is 7.67. The molecule has 2 rings (SSSR count). The number of nitrogens with one attached hydrogen (secondary N) is 3. The minimum atomic E-state index is -0.970. The molecule has 0 aromatic heterocycles. The summed E-state index contributed by atoms with van der Waals surface area (Å²) in [5.74, 6) is -0.566. The van der Waals surface area contributed by atoms with Crippen molar-refractivity contribution >= 4 is 23.6 Å². The van der Waals surface area contributed by atoms with Crippen molar-refractivity contribution in [3.05, 3.63) is 23.8 Å². The lowest BCUT2D eigenvalue weighted by atomic mass is 10.1. The van der Waals surface area contributed by atoms with Crippen molar-refractivity contribution in [1.82, 2.24) is 10.6 Å². The summed E-state index contributed by atoms with van der Waals surface area (Å²) in [4.78, 5) is 33.9. The summed E-state index contributed by atoms with van der Waals surface area (Å²) < 4.78 is 5.67. The van der Waals surface area contributed by atoms with Gasteiger partial charge in [-0.05, 0) is 31.0 Å². The fraction of sp³-hybridized carbons (Fsp3) is 0.438. The molecule has 1 aliphatic heterocycles. The Bertz CT molecular complexity index is 647. The Hall–Kier alpha value is -2.77. The van der Waals surface area contributed by atoms with Gasteiger partial charge >= 0.3 is 12.0 Å². The molecule has 2 atom stereocenters. The first-order valence-electron chi connectivity index (χ1n) is 7.78. The van der Waals surface area contributed by atoms with E-state index in [4.69, 9.17) is 9.84 Å². The van der Waals surface area contributed by atoms with Gasteiger partial charge in [0.15, 0.2) is 6.10 Å². The maximum atomic E-state index is 11.8. The molecule has 0 saturated carbocycles. The first-order valence-corrected chi connectivity index (χ1v) is 7.78. The van der Waals surface area contributed by atoms with Crippen LogP contribution in [-0.2, 0) is 9.59 Å². The number of carboxylic acid groups (broad SMARTS) is 1. The van der Waals surface area contributed by atoms with Gasteiger partial charge in [0.1, 0.15) is 5.75 Å². The Morgan fingerprint density at radius 1 is 1.42 bits per heavy atom. The number of rotatable bonds is 6. The molecule has 1 aliphatic rings. The van der Waals surface area contributed by atoms with Crippen molar-refractivity contribution in [2.75, 3.05) is 11.9 Å². The van der Waals surface area contributed by atoms with Crippen molar-refractivity contribution in [3.63, 3.8) is 0 Å². The molecule has 3 amide bonds. The van der Waals surface area contributed by atoms with Crippen LogP contribution in [0.5, 0.6) is 5.75 Å². The lowest BCUT2D eigenvalue weighted by Crippen LogP contribution is -2.38. The highest BCUT2D eigenvalue weighted by atomic mass is 16.5. The predicted octanol–water partition coefficient (Wildman–Crippen LogP) is 1.63. The number of ether oxygens (including phenoxy) is 1. The number of carboxylic acids is 1. The van der Waals surface area contributed by atoms with Crippen molar-refractivity contribution in [3.8, 4) is 5.75 Å². The molecular weight excluding hydrogens is 314 g/mol. The van der Waals surface area contributed by atoms with Gasteiger partial charge in [0, 0.05) is 6.54 Å². The monoisotopic (exact) mass is 335 g/mol. The van der Waals surface area contributed by atoms with Crippen LogP contribution < -0.4 is 20.7 Å². The smallest absolute Gasteiger partial charge is 0.315 e. The van der Waals surface area contributed by atoms with Crippen LogP contribution in [0, 0.1) is 0 Å². The summed E-state index contributed by atoms with van der Waals surface area (Å²) in [6.07, 6.45) is -0.0858. The van der Waals surface area contributed by atoms with E-state index in [-0.39, 0.29) is 24.9 Å². The minimum absolute atomic E-state index is 0.0609. The van der Waals surface area contributed by atoms with E-state index >= 15 is 0 Å². The van der Waals surface area contributed by atoms with Crippen LogP contribution in [0.25, 0.3) is 0 Å². The molecule has 0 saturated heterocycles. The zero-order chi connectivity index (χ0) is 17.7. The molecule has 1 heterocycles. The van der Waals surface area contributed by atoms with E-state index in [1.165, 1.54) is 0 Å². The number of benzene rings is 1. The standard InChI is InChI=1S/C16H21N3O5/c1-3-12-15(22)19-11-5-4-10(8-13(11)24-12)9(2)18-16(23)17-7-6-14(20)21/h4-5,8-9,12H,3,6-7H2,1-2H3,(H,19,22)(H,20,21)(H2,17,18,23). The molecule has 1 aromatic rings. The van der Waals surface area contributed by atoms with Gasteiger partial charge in [-0.15, -0.1) is 0 Å². The van der Waals surface area contributed by atoms with Crippen LogP contribution in [0.15, 0.2) is 18.2 Å². The van der Waals surface area contributed by atoms with Crippen molar-refractivity contribution in [2.24, 2.45) is 0 Å². The molecule has 2 unspecified atom stereocenters. The number of amides is 3. The highest BCUT2D eigenvalue weighted by molar-refractivity contribution is 5.97. The van der Waals surface area contributed by atoms with Gasteiger partial charge in [-0.1, -0.05) is 13.0 Å². The molecule has 24 heavy (non-hydrogen) atoms. The molecule has 130 valence electrons. The van der Waals surface area contributed by atoms with Crippen LogP contribution in [0.4, 0.5) is 10.5 Å². The van der Waals surface area contributed by atoms with Crippen LogP contribution in [0.1, 0.15) is 38.3 Å². The zero-order valence-corrected chi connectivity index (χ0v) is 13.6. The number of anilines is 1. The van der Waals surface area contributed by atoms with Gasteiger partial charge in [-0.2, -0.15) is 0 Å². The molecule has 1 aromatic carbocycles. The second-order valence-corrected chi connectivity index (χ2v) is 5.53. The van der Waals surface area contributed by atoms with Gasteiger partial charge in [-0.25, -0.2) is 4.79 Å². The van der Waals surface area contributed by atoms with Crippen LogP contribution in [0.2, 0.25) is 0 Å². The van der Waals surface area contributed by atoms with E-state index in [9.17, 15) is 14.4 Å². The quantitative estimate of drug-likeness (QED) is 0.630. The van der Waals surface area contributed by atoms with E-state index in [2.05, 4.69) is 16.0 Å². The number of urea groups is 1. The van der Waals surface area contributed by atoms with Gasteiger partial charge in [0.2, 0.25) is 0 Å². The Balaban J connectivity index is 1.98. The number of carbonyl (C=O) groups is 3. The molecule has 0 fully saturated rings. The lowest BCUT2D eigenvalue weighted by Gasteiger charge is -2.26.